The Bertz CT molecular complexity index is 984. The SMILES string of the molecule is CNC(=O)Nc1cc(-c2ccccc2CCC(N)=O)ccc1-c1ccccc1. The van der Waals surface area contributed by atoms with Crippen LogP contribution >= 0.6 is 0 Å². The summed E-state index contributed by atoms with van der Waals surface area (Å²) < 4.78 is 0. The van der Waals surface area contributed by atoms with Crippen LogP contribution in [-0.2, 0) is 11.2 Å². The number of rotatable bonds is 6. The molecule has 5 heteroatoms. The monoisotopic (exact) mass is 373 g/mol. The van der Waals surface area contributed by atoms with E-state index in [0.717, 1.165) is 27.8 Å². The molecule has 28 heavy (non-hydrogen) atoms. The van der Waals surface area contributed by atoms with E-state index in [1.807, 2.05) is 72.8 Å². The second-order valence-electron chi connectivity index (χ2n) is 6.45. The zero-order valence-electron chi connectivity index (χ0n) is 15.7. The van der Waals surface area contributed by atoms with Crippen molar-refractivity contribution in [3.8, 4) is 22.3 Å². The Morgan fingerprint density at radius 1 is 0.857 bits per heavy atom. The minimum atomic E-state index is -0.323. The first-order valence-corrected chi connectivity index (χ1v) is 9.13. The maximum atomic E-state index is 12.0. The molecule has 3 aromatic rings. The summed E-state index contributed by atoms with van der Waals surface area (Å²) in [5.41, 5.74) is 11.0. The summed E-state index contributed by atoms with van der Waals surface area (Å²) in [5.74, 6) is -0.323. The van der Waals surface area contributed by atoms with Crippen molar-refractivity contribution in [3.05, 3.63) is 78.4 Å². The van der Waals surface area contributed by atoms with E-state index >= 15 is 0 Å². The van der Waals surface area contributed by atoms with E-state index in [0.29, 0.717) is 18.5 Å². The highest BCUT2D eigenvalue weighted by Gasteiger charge is 2.12. The van der Waals surface area contributed by atoms with Gasteiger partial charge in [-0.25, -0.2) is 4.79 Å². The van der Waals surface area contributed by atoms with E-state index in [4.69, 9.17) is 5.73 Å². The molecule has 0 saturated heterocycles. The third-order valence-electron chi connectivity index (χ3n) is 4.55. The van der Waals surface area contributed by atoms with Crippen LogP contribution in [0, 0.1) is 0 Å². The second kappa shape index (κ2) is 8.86. The van der Waals surface area contributed by atoms with Crippen molar-refractivity contribution in [2.75, 3.05) is 12.4 Å². The van der Waals surface area contributed by atoms with Gasteiger partial charge in [-0.1, -0.05) is 66.7 Å². The molecule has 3 aromatic carbocycles. The van der Waals surface area contributed by atoms with Gasteiger partial charge in [0.2, 0.25) is 5.91 Å². The molecule has 0 fully saturated rings. The number of nitrogens with one attached hydrogen (secondary N) is 2. The Balaban J connectivity index is 2.05. The van der Waals surface area contributed by atoms with Crippen LogP contribution in [0.5, 0.6) is 0 Å². The molecule has 0 unspecified atom stereocenters. The predicted octanol–water partition coefficient (Wildman–Crippen LogP) is 4.19. The minimum Gasteiger partial charge on any atom is -0.370 e. The van der Waals surface area contributed by atoms with Crippen molar-refractivity contribution < 1.29 is 9.59 Å². The van der Waals surface area contributed by atoms with Gasteiger partial charge in [0.25, 0.3) is 0 Å². The molecule has 4 N–H and O–H groups in total. The van der Waals surface area contributed by atoms with Crippen LogP contribution in [-0.4, -0.2) is 19.0 Å². The lowest BCUT2D eigenvalue weighted by Crippen LogP contribution is -2.24. The average Bonchev–Trinajstić information content (AvgIpc) is 2.73. The lowest BCUT2D eigenvalue weighted by Gasteiger charge is -2.15. The fourth-order valence-electron chi connectivity index (χ4n) is 3.15. The van der Waals surface area contributed by atoms with Crippen LogP contribution in [0.15, 0.2) is 72.8 Å². The Labute approximate surface area is 164 Å². The fraction of sp³-hybridized carbons (Fsp3) is 0.130. The Morgan fingerprint density at radius 3 is 2.29 bits per heavy atom. The molecule has 3 amide bonds. The number of anilines is 1. The smallest absolute Gasteiger partial charge is 0.318 e. The zero-order valence-corrected chi connectivity index (χ0v) is 15.7. The lowest BCUT2D eigenvalue weighted by molar-refractivity contribution is -0.117. The van der Waals surface area contributed by atoms with Gasteiger partial charge in [-0.2, -0.15) is 0 Å². The number of amides is 3. The molecule has 0 bridgehead atoms. The Morgan fingerprint density at radius 2 is 1.57 bits per heavy atom. The van der Waals surface area contributed by atoms with Crippen LogP contribution in [0.3, 0.4) is 0 Å². The fourth-order valence-corrected chi connectivity index (χ4v) is 3.15. The molecule has 0 aromatic heterocycles. The molecule has 0 radical (unpaired) electrons. The van der Waals surface area contributed by atoms with Gasteiger partial charge in [0, 0.05) is 19.0 Å². The van der Waals surface area contributed by atoms with E-state index in [2.05, 4.69) is 10.6 Å². The van der Waals surface area contributed by atoms with E-state index in [1.165, 1.54) is 0 Å². The summed E-state index contributed by atoms with van der Waals surface area (Å²) >= 11 is 0. The molecule has 0 aliphatic heterocycles. The number of carbonyl (C=O) groups excluding carboxylic acids is 2. The highest BCUT2D eigenvalue weighted by molar-refractivity contribution is 5.96. The highest BCUT2D eigenvalue weighted by atomic mass is 16.2. The Hall–Kier alpha value is -3.60. The van der Waals surface area contributed by atoms with Gasteiger partial charge >= 0.3 is 6.03 Å². The zero-order chi connectivity index (χ0) is 19.9. The molecule has 142 valence electrons. The maximum absolute atomic E-state index is 12.0. The van der Waals surface area contributed by atoms with Crippen LogP contribution < -0.4 is 16.4 Å². The quantitative estimate of drug-likeness (QED) is 0.605. The second-order valence-corrected chi connectivity index (χ2v) is 6.45. The number of aryl methyl sites for hydroxylation is 1. The van der Waals surface area contributed by atoms with Crippen molar-refractivity contribution >= 4 is 17.6 Å². The van der Waals surface area contributed by atoms with E-state index in [-0.39, 0.29) is 11.9 Å². The molecule has 0 heterocycles. The summed E-state index contributed by atoms with van der Waals surface area (Å²) in [4.78, 5) is 23.2. The third-order valence-corrected chi connectivity index (χ3v) is 4.55. The number of urea groups is 1. The van der Waals surface area contributed by atoms with Crippen LogP contribution in [0.1, 0.15) is 12.0 Å². The van der Waals surface area contributed by atoms with Gasteiger partial charge in [-0.15, -0.1) is 0 Å². The van der Waals surface area contributed by atoms with Crippen LogP contribution in [0.25, 0.3) is 22.3 Å². The highest BCUT2D eigenvalue weighted by Crippen LogP contribution is 2.34. The summed E-state index contributed by atoms with van der Waals surface area (Å²) in [6.45, 7) is 0. The van der Waals surface area contributed by atoms with Gasteiger partial charge in [0.1, 0.15) is 0 Å². The summed E-state index contributed by atoms with van der Waals surface area (Å²) in [7, 11) is 1.58. The number of nitrogens with two attached hydrogens (primary N) is 1. The molecule has 0 saturated carbocycles. The Kier molecular flexibility index (Phi) is 6.07. The molecule has 0 spiro atoms. The topological polar surface area (TPSA) is 84.2 Å². The van der Waals surface area contributed by atoms with Gasteiger partial charge in [-0.05, 0) is 34.7 Å². The number of hydrogen-bond donors (Lipinski definition) is 3. The number of carbonyl (C=O) groups is 2. The number of primary amides is 1. The summed E-state index contributed by atoms with van der Waals surface area (Å²) in [6.07, 6.45) is 0.868. The average molecular weight is 373 g/mol. The number of hydrogen-bond acceptors (Lipinski definition) is 2. The van der Waals surface area contributed by atoms with Crippen molar-refractivity contribution in [2.24, 2.45) is 5.73 Å². The van der Waals surface area contributed by atoms with Crippen molar-refractivity contribution in [1.29, 1.82) is 0 Å². The van der Waals surface area contributed by atoms with E-state index in [1.54, 1.807) is 7.05 Å². The largest absolute Gasteiger partial charge is 0.370 e. The van der Waals surface area contributed by atoms with Crippen LogP contribution in [0.2, 0.25) is 0 Å². The minimum absolute atomic E-state index is 0.281. The summed E-state index contributed by atoms with van der Waals surface area (Å²) in [5, 5.41) is 5.51. The van der Waals surface area contributed by atoms with E-state index < -0.39 is 0 Å². The van der Waals surface area contributed by atoms with Gasteiger partial charge in [0.15, 0.2) is 0 Å². The molecule has 0 aliphatic carbocycles. The normalized spacial score (nSPS) is 10.3. The number of benzene rings is 3. The molecule has 5 nitrogen and oxygen atoms in total. The molecule has 0 aliphatic rings. The standard InChI is InChI=1S/C23H23N3O2/c1-25-23(28)26-21-15-18(11-13-20(21)16-7-3-2-4-8-16)19-10-6-5-9-17(19)12-14-22(24)27/h2-11,13,15H,12,14H2,1H3,(H2,24,27)(H2,25,26,28). The first-order valence-electron chi connectivity index (χ1n) is 9.13. The van der Waals surface area contributed by atoms with Crippen molar-refractivity contribution in [2.45, 2.75) is 12.8 Å². The van der Waals surface area contributed by atoms with Crippen molar-refractivity contribution in [3.63, 3.8) is 0 Å². The maximum Gasteiger partial charge on any atom is 0.318 e. The van der Waals surface area contributed by atoms with Gasteiger partial charge in [-0.3, -0.25) is 4.79 Å². The van der Waals surface area contributed by atoms with Crippen molar-refractivity contribution in [1.82, 2.24) is 5.32 Å². The molecule has 0 atom stereocenters. The first kappa shape index (κ1) is 19.2. The van der Waals surface area contributed by atoms with Gasteiger partial charge in [0.05, 0.1) is 5.69 Å². The summed E-state index contributed by atoms with van der Waals surface area (Å²) in [6, 6.07) is 23.5. The molecule has 3 rings (SSSR count). The lowest BCUT2D eigenvalue weighted by atomic mass is 9.93. The van der Waals surface area contributed by atoms with Gasteiger partial charge < -0.3 is 16.4 Å². The molecular weight excluding hydrogens is 350 g/mol. The van der Waals surface area contributed by atoms with Crippen LogP contribution in [0.4, 0.5) is 10.5 Å². The van der Waals surface area contributed by atoms with E-state index in [9.17, 15) is 9.59 Å². The predicted molar refractivity (Wildman–Crippen MR) is 113 cm³/mol. The third kappa shape index (κ3) is 4.57. The molecular formula is C23H23N3O2. The first-order chi connectivity index (χ1) is 13.6.